The summed E-state index contributed by atoms with van der Waals surface area (Å²) in [6.07, 6.45) is 3.53. The second-order valence-corrected chi connectivity index (χ2v) is 6.44. The van der Waals surface area contributed by atoms with Gasteiger partial charge in [-0.05, 0) is 37.1 Å². The molecule has 126 valence electrons. The normalized spacial score (nSPS) is 18.5. The van der Waals surface area contributed by atoms with Gasteiger partial charge in [0, 0.05) is 44.3 Å². The summed E-state index contributed by atoms with van der Waals surface area (Å²) in [5.41, 5.74) is 3.37. The summed E-state index contributed by atoms with van der Waals surface area (Å²) in [4.78, 5) is 21.1. The van der Waals surface area contributed by atoms with Crippen molar-refractivity contribution in [2.75, 3.05) is 18.5 Å². The van der Waals surface area contributed by atoms with Crippen molar-refractivity contribution >= 4 is 11.7 Å². The Kier molecular flexibility index (Phi) is 4.69. The first kappa shape index (κ1) is 16.3. The molecule has 5 nitrogen and oxygen atoms in total. The molecule has 0 saturated heterocycles. The predicted molar refractivity (Wildman–Crippen MR) is 95.9 cm³/mol. The molecule has 1 aromatic heterocycles. The SMILES string of the molecule is C[C@@H]1CN(C)c2ccccc2CN1C(=O)N[C@H](C)c1cccnc1. The highest BCUT2D eigenvalue weighted by molar-refractivity contribution is 5.76. The number of nitrogens with zero attached hydrogens (tertiary/aromatic N) is 3. The lowest BCUT2D eigenvalue weighted by molar-refractivity contribution is 0.175. The zero-order valence-electron chi connectivity index (χ0n) is 14.4. The van der Waals surface area contributed by atoms with Crippen molar-refractivity contribution in [2.45, 2.75) is 32.5 Å². The summed E-state index contributed by atoms with van der Waals surface area (Å²) < 4.78 is 0. The molecule has 1 N–H and O–H groups in total. The number of carbonyl (C=O) groups excluding carboxylic acids is 1. The van der Waals surface area contributed by atoms with E-state index in [4.69, 9.17) is 0 Å². The average Bonchev–Trinajstić information content (AvgIpc) is 2.72. The maximum Gasteiger partial charge on any atom is 0.318 e. The van der Waals surface area contributed by atoms with E-state index in [1.165, 1.54) is 11.3 Å². The second-order valence-electron chi connectivity index (χ2n) is 6.44. The van der Waals surface area contributed by atoms with Gasteiger partial charge in [0.2, 0.25) is 0 Å². The molecule has 0 unspecified atom stereocenters. The Morgan fingerprint density at radius 3 is 2.83 bits per heavy atom. The minimum atomic E-state index is -0.0744. The molecule has 0 fully saturated rings. The zero-order chi connectivity index (χ0) is 17.1. The molecule has 2 heterocycles. The number of urea groups is 1. The monoisotopic (exact) mass is 324 g/mol. The molecule has 0 aliphatic carbocycles. The third-order valence-corrected chi connectivity index (χ3v) is 4.60. The van der Waals surface area contributed by atoms with Crippen molar-refractivity contribution in [1.29, 1.82) is 0 Å². The minimum Gasteiger partial charge on any atom is -0.372 e. The maximum atomic E-state index is 12.8. The smallest absolute Gasteiger partial charge is 0.318 e. The lowest BCUT2D eigenvalue weighted by Gasteiger charge is -2.30. The minimum absolute atomic E-state index is 0.0380. The van der Waals surface area contributed by atoms with Crippen LogP contribution in [-0.2, 0) is 6.54 Å². The van der Waals surface area contributed by atoms with Crippen molar-refractivity contribution < 1.29 is 4.79 Å². The molecule has 24 heavy (non-hydrogen) atoms. The number of likely N-dealkylation sites (N-methyl/N-ethyl adjacent to an activating group) is 1. The number of benzene rings is 1. The Morgan fingerprint density at radius 2 is 2.08 bits per heavy atom. The number of pyridine rings is 1. The quantitative estimate of drug-likeness (QED) is 0.923. The van der Waals surface area contributed by atoms with Gasteiger partial charge in [0.15, 0.2) is 0 Å². The number of hydrogen-bond acceptors (Lipinski definition) is 3. The van der Waals surface area contributed by atoms with Crippen LogP contribution in [0, 0.1) is 0 Å². The molecule has 0 bridgehead atoms. The number of para-hydroxylation sites is 1. The van der Waals surface area contributed by atoms with Crippen LogP contribution in [-0.4, -0.2) is 35.5 Å². The lowest BCUT2D eigenvalue weighted by Crippen LogP contribution is -2.47. The van der Waals surface area contributed by atoms with Gasteiger partial charge in [-0.1, -0.05) is 24.3 Å². The number of anilines is 1. The van der Waals surface area contributed by atoms with Crippen LogP contribution in [0.3, 0.4) is 0 Å². The molecule has 2 amide bonds. The summed E-state index contributed by atoms with van der Waals surface area (Å²) in [7, 11) is 2.08. The van der Waals surface area contributed by atoms with E-state index in [0.717, 1.165) is 12.1 Å². The van der Waals surface area contributed by atoms with E-state index >= 15 is 0 Å². The van der Waals surface area contributed by atoms with E-state index < -0.39 is 0 Å². The fourth-order valence-corrected chi connectivity index (χ4v) is 3.21. The Hall–Kier alpha value is -2.56. The fourth-order valence-electron chi connectivity index (χ4n) is 3.21. The van der Waals surface area contributed by atoms with Crippen molar-refractivity contribution in [3.8, 4) is 0 Å². The molecule has 0 saturated carbocycles. The van der Waals surface area contributed by atoms with E-state index in [0.29, 0.717) is 6.54 Å². The highest BCUT2D eigenvalue weighted by Gasteiger charge is 2.27. The van der Waals surface area contributed by atoms with Gasteiger partial charge in [-0.15, -0.1) is 0 Å². The van der Waals surface area contributed by atoms with Gasteiger partial charge in [-0.2, -0.15) is 0 Å². The van der Waals surface area contributed by atoms with E-state index in [1.54, 1.807) is 12.4 Å². The molecule has 3 rings (SSSR count). The molecule has 2 aromatic rings. The number of rotatable bonds is 2. The number of aromatic nitrogens is 1. The van der Waals surface area contributed by atoms with Gasteiger partial charge in [0.1, 0.15) is 0 Å². The van der Waals surface area contributed by atoms with Gasteiger partial charge in [0.25, 0.3) is 0 Å². The second kappa shape index (κ2) is 6.91. The lowest BCUT2D eigenvalue weighted by atomic mass is 10.1. The Labute approximate surface area is 143 Å². The molecular weight excluding hydrogens is 300 g/mol. The molecule has 2 atom stereocenters. The van der Waals surface area contributed by atoms with Crippen LogP contribution in [0.5, 0.6) is 0 Å². The van der Waals surface area contributed by atoms with Gasteiger partial charge in [0.05, 0.1) is 6.04 Å². The largest absolute Gasteiger partial charge is 0.372 e. The van der Waals surface area contributed by atoms with Crippen LogP contribution in [0.4, 0.5) is 10.5 Å². The summed E-state index contributed by atoms with van der Waals surface area (Å²) >= 11 is 0. The van der Waals surface area contributed by atoms with E-state index in [1.807, 2.05) is 36.1 Å². The van der Waals surface area contributed by atoms with E-state index in [9.17, 15) is 4.79 Å². The predicted octanol–water partition coefficient (Wildman–Crippen LogP) is 3.19. The highest BCUT2D eigenvalue weighted by Crippen LogP contribution is 2.26. The first-order valence-corrected chi connectivity index (χ1v) is 8.32. The summed E-state index contributed by atoms with van der Waals surface area (Å²) in [5.74, 6) is 0. The van der Waals surface area contributed by atoms with Crippen molar-refractivity contribution in [2.24, 2.45) is 0 Å². The van der Waals surface area contributed by atoms with Crippen molar-refractivity contribution in [3.05, 3.63) is 59.9 Å². The molecular formula is C19H24N4O. The maximum absolute atomic E-state index is 12.8. The first-order valence-electron chi connectivity index (χ1n) is 8.32. The molecule has 1 aliphatic rings. The number of nitrogens with one attached hydrogen (secondary N) is 1. The molecule has 1 aliphatic heterocycles. The van der Waals surface area contributed by atoms with Crippen LogP contribution in [0.1, 0.15) is 31.0 Å². The van der Waals surface area contributed by atoms with Gasteiger partial charge in [-0.25, -0.2) is 4.79 Å². The Morgan fingerprint density at radius 1 is 1.29 bits per heavy atom. The molecule has 0 radical (unpaired) electrons. The van der Waals surface area contributed by atoms with Crippen molar-refractivity contribution in [1.82, 2.24) is 15.2 Å². The van der Waals surface area contributed by atoms with Crippen LogP contribution < -0.4 is 10.2 Å². The average molecular weight is 324 g/mol. The third kappa shape index (κ3) is 3.35. The molecule has 5 heteroatoms. The third-order valence-electron chi connectivity index (χ3n) is 4.60. The van der Waals surface area contributed by atoms with Crippen LogP contribution in [0.25, 0.3) is 0 Å². The van der Waals surface area contributed by atoms with Crippen LogP contribution >= 0.6 is 0 Å². The number of amides is 2. The first-order chi connectivity index (χ1) is 11.6. The van der Waals surface area contributed by atoms with Crippen molar-refractivity contribution in [3.63, 3.8) is 0 Å². The number of carbonyl (C=O) groups is 1. The summed E-state index contributed by atoms with van der Waals surface area (Å²) in [6.45, 7) is 5.51. The van der Waals surface area contributed by atoms with Gasteiger partial charge in [-0.3, -0.25) is 4.98 Å². The summed E-state index contributed by atoms with van der Waals surface area (Å²) in [5, 5.41) is 3.10. The van der Waals surface area contributed by atoms with Crippen LogP contribution in [0.15, 0.2) is 48.8 Å². The van der Waals surface area contributed by atoms with Gasteiger partial charge < -0.3 is 15.1 Å². The number of hydrogen-bond donors (Lipinski definition) is 1. The summed E-state index contributed by atoms with van der Waals surface area (Å²) in [6, 6.07) is 12.2. The van der Waals surface area contributed by atoms with Crippen LogP contribution in [0.2, 0.25) is 0 Å². The van der Waals surface area contributed by atoms with E-state index in [-0.39, 0.29) is 18.1 Å². The standard InChI is InChI=1S/C19H24N4O/c1-14-12-22(3)18-9-5-4-7-17(18)13-23(14)19(24)21-15(2)16-8-6-10-20-11-16/h4-11,14-15H,12-13H2,1-3H3,(H,21,24)/t14-,15-/m1/s1. The highest BCUT2D eigenvalue weighted by atomic mass is 16.2. The molecule has 1 aromatic carbocycles. The molecule has 0 spiro atoms. The fraction of sp³-hybridized carbons (Fsp3) is 0.368. The Bertz CT molecular complexity index is 704. The van der Waals surface area contributed by atoms with Gasteiger partial charge >= 0.3 is 6.03 Å². The number of fused-ring (bicyclic) bond motifs is 1. The topological polar surface area (TPSA) is 48.5 Å². The van der Waals surface area contributed by atoms with E-state index in [2.05, 4.69) is 41.3 Å². The Balaban J connectivity index is 1.77. The zero-order valence-corrected chi connectivity index (χ0v) is 14.4.